The van der Waals surface area contributed by atoms with Crippen LogP contribution in [0, 0.1) is 0 Å². The quantitative estimate of drug-likeness (QED) is 0.490. The predicted molar refractivity (Wildman–Crippen MR) is 39.4 cm³/mol. The molecule has 0 nitrogen and oxygen atoms in total. The molecule has 14 heavy (non-hydrogen) atoms. The molecule has 0 aromatic rings. The van der Waals surface area contributed by atoms with Crippen molar-refractivity contribution in [2.75, 3.05) is 0 Å². The van der Waals surface area contributed by atoms with Crippen LogP contribution in [0.2, 0.25) is 0 Å². The van der Waals surface area contributed by atoms with E-state index in [1.165, 1.54) is 0 Å². The van der Waals surface area contributed by atoms with Crippen molar-refractivity contribution in [3.05, 3.63) is 33.9 Å². The molecule has 0 aromatic carbocycles. The molecule has 80 valence electrons. The highest BCUT2D eigenvalue weighted by atomic mass is 35.5. The van der Waals surface area contributed by atoms with Crippen molar-refractivity contribution in [2.45, 2.75) is 0 Å². The standard InChI is InChI=1S/C6Cl2F6/c7-5(13)3(11)1(9)2(10)4(12)6(8)14/b2-1+,5-3-,6-4-. The minimum Gasteiger partial charge on any atom is -0.200 e. The summed E-state index contributed by atoms with van der Waals surface area (Å²) in [5, 5.41) is -4.47. The van der Waals surface area contributed by atoms with E-state index in [-0.39, 0.29) is 0 Å². The minimum absolute atomic E-state index is 2.24. The molecule has 0 aliphatic heterocycles. The fourth-order valence-corrected chi connectivity index (χ4v) is 0.525. The van der Waals surface area contributed by atoms with Crippen LogP contribution in [0.25, 0.3) is 0 Å². The summed E-state index contributed by atoms with van der Waals surface area (Å²) >= 11 is 8.57. The van der Waals surface area contributed by atoms with Crippen LogP contribution in [0.4, 0.5) is 26.3 Å². The summed E-state index contributed by atoms with van der Waals surface area (Å²) in [4.78, 5) is 0. The Bertz CT molecular complexity index is 289. The lowest BCUT2D eigenvalue weighted by molar-refractivity contribution is 0.448. The number of hydrogen-bond donors (Lipinski definition) is 0. The molecule has 0 N–H and O–H groups in total. The summed E-state index contributed by atoms with van der Waals surface area (Å²) in [6.45, 7) is 0. The molecule has 0 spiro atoms. The summed E-state index contributed by atoms with van der Waals surface area (Å²) in [5.41, 5.74) is 0. The third-order valence-corrected chi connectivity index (χ3v) is 1.24. The molecular weight excluding hydrogens is 257 g/mol. The monoisotopic (exact) mass is 256 g/mol. The van der Waals surface area contributed by atoms with Gasteiger partial charge in [0.1, 0.15) is 0 Å². The Labute approximate surface area is 84.1 Å². The largest absolute Gasteiger partial charge is 0.228 e. The Morgan fingerprint density at radius 2 is 0.714 bits per heavy atom. The Balaban J connectivity index is 5.37. The van der Waals surface area contributed by atoms with Crippen LogP contribution in [0.3, 0.4) is 0 Å². The number of allylic oxidation sites excluding steroid dienone is 4. The molecular formula is C6Cl2F6. The number of halogens is 8. The van der Waals surface area contributed by atoms with E-state index in [0.29, 0.717) is 0 Å². The molecule has 0 saturated carbocycles. The highest BCUT2D eigenvalue weighted by Gasteiger charge is 2.21. The van der Waals surface area contributed by atoms with Crippen LogP contribution in [-0.4, -0.2) is 0 Å². The fraction of sp³-hybridized carbons (Fsp3) is 0. The van der Waals surface area contributed by atoms with Crippen molar-refractivity contribution in [3.8, 4) is 0 Å². The maximum Gasteiger partial charge on any atom is 0.228 e. The van der Waals surface area contributed by atoms with Crippen LogP contribution in [0.1, 0.15) is 0 Å². The fourth-order valence-electron chi connectivity index (χ4n) is 0.359. The first-order valence-electron chi connectivity index (χ1n) is 2.76. The molecule has 0 fully saturated rings. The van der Waals surface area contributed by atoms with Crippen molar-refractivity contribution >= 4 is 23.2 Å². The molecule has 0 rings (SSSR count). The van der Waals surface area contributed by atoms with Gasteiger partial charge in [-0.05, 0) is 23.2 Å². The van der Waals surface area contributed by atoms with E-state index in [9.17, 15) is 26.3 Å². The third-order valence-electron chi connectivity index (χ3n) is 0.910. The van der Waals surface area contributed by atoms with E-state index in [1.54, 1.807) is 0 Å². The molecule has 8 heteroatoms. The normalized spacial score (nSPS) is 17.1. The molecule has 0 aromatic heterocycles. The molecule has 0 unspecified atom stereocenters. The Morgan fingerprint density at radius 3 is 0.857 bits per heavy atom. The summed E-state index contributed by atoms with van der Waals surface area (Å²) in [5.74, 6) is -10.2. The van der Waals surface area contributed by atoms with Gasteiger partial charge in [-0.15, -0.1) is 0 Å². The summed E-state index contributed by atoms with van der Waals surface area (Å²) in [6, 6.07) is 0. The van der Waals surface area contributed by atoms with E-state index < -0.39 is 33.9 Å². The SMILES string of the molecule is F/C(Cl)=C(F)/C(F)=C(F)/C(F)=C(/F)Cl. The van der Waals surface area contributed by atoms with Gasteiger partial charge in [-0.1, -0.05) is 0 Å². The molecule has 0 atom stereocenters. The molecule has 0 amide bonds. The Kier molecular flexibility index (Phi) is 5.07. The zero-order chi connectivity index (χ0) is 11.5. The van der Waals surface area contributed by atoms with Gasteiger partial charge < -0.3 is 0 Å². The van der Waals surface area contributed by atoms with Crippen LogP contribution in [0.5, 0.6) is 0 Å². The van der Waals surface area contributed by atoms with Gasteiger partial charge in [-0.25, -0.2) is 8.78 Å². The van der Waals surface area contributed by atoms with Crippen molar-refractivity contribution < 1.29 is 26.3 Å². The van der Waals surface area contributed by atoms with Crippen molar-refractivity contribution in [3.63, 3.8) is 0 Å². The smallest absolute Gasteiger partial charge is 0.200 e. The van der Waals surface area contributed by atoms with E-state index in [2.05, 4.69) is 23.2 Å². The van der Waals surface area contributed by atoms with Gasteiger partial charge in [0.2, 0.25) is 33.9 Å². The lowest BCUT2D eigenvalue weighted by atomic mass is 10.4. The first-order valence-corrected chi connectivity index (χ1v) is 3.52. The maximum absolute atomic E-state index is 12.3. The van der Waals surface area contributed by atoms with E-state index in [1.807, 2.05) is 0 Å². The predicted octanol–water partition coefficient (Wildman–Crippen LogP) is 4.83. The van der Waals surface area contributed by atoms with Crippen molar-refractivity contribution in [1.29, 1.82) is 0 Å². The van der Waals surface area contributed by atoms with Crippen LogP contribution in [-0.2, 0) is 0 Å². The zero-order valence-electron chi connectivity index (χ0n) is 6.02. The molecule has 0 saturated heterocycles. The van der Waals surface area contributed by atoms with Crippen LogP contribution < -0.4 is 0 Å². The topological polar surface area (TPSA) is 0 Å². The average Bonchev–Trinajstić information content (AvgIpc) is 2.12. The molecule has 0 bridgehead atoms. The molecule has 0 aliphatic carbocycles. The summed E-state index contributed by atoms with van der Waals surface area (Å²) in [6.07, 6.45) is 0. The number of rotatable bonds is 2. The van der Waals surface area contributed by atoms with Gasteiger partial charge in [0.15, 0.2) is 0 Å². The minimum atomic E-state index is -2.62. The molecule has 0 radical (unpaired) electrons. The second-order valence-electron chi connectivity index (χ2n) is 1.78. The Morgan fingerprint density at radius 1 is 0.500 bits per heavy atom. The van der Waals surface area contributed by atoms with Crippen molar-refractivity contribution in [1.82, 2.24) is 0 Å². The second kappa shape index (κ2) is 5.31. The first-order chi connectivity index (χ1) is 6.29. The van der Waals surface area contributed by atoms with Crippen LogP contribution in [0.15, 0.2) is 33.9 Å². The van der Waals surface area contributed by atoms with E-state index in [4.69, 9.17) is 0 Å². The van der Waals surface area contributed by atoms with Gasteiger partial charge in [-0.2, -0.15) is 17.6 Å². The maximum atomic E-state index is 12.3. The summed E-state index contributed by atoms with van der Waals surface area (Å²) < 4.78 is 72.3. The summed E-state index contributed by atoms with van der Waals surface area (Å²) in [7, 11) is 0. The van der Waals surface area contributed by atoms with Crippen molar-refractivity contribution in [2.24, 2.45) is 0 Å². The van der Waals surface area contributed by atoms with Crippen LogP contribution >= 0.6 is 23.2 Å². The van der Waals surface area contributed by atoms with Gasteiger partial charge in [0.05, 0.1) is 0 Å². The van der Waals surface area contributed by atoms with Gasteiger partial charge >= 0.3 is 0 Å². The lowest BCUT2D eigenvalue weighted by Crippen LogP contribution is -1.86. The zero-order valence-corrected chi connectivity index (χ0v) is 7.54. The Hall–Kier alpha value is -0.620. The first kappa shape index (κ1) is 13.4. The highest BCUT2D eigenvalue weighted by Crippen LogP contribution is 2.31. The lowest BCUT2D eigenvalue weighted by Gasteiger charge is -1.95. The van der Waals surface area contributed by atoms with E-state index in [0.717, 1.165) is 0 Å². The second-order valence-corrected chi connectivity index (χ2v) is 2.44. The highest BCUT2D eigenvalue weighted by molar-refractivity contribution is 6.29. The number of hydrogen-bond acceptors (Lipinski definition) is 0. The van der Waals surface area contributed by atoms with Gasteiger partial charge in [0, 0.05) is 0 Å². The van der Waals surface area contributed by atoms with Gasteiger partial charge in [0.25, 0.3) is 0 Å². The average molecular weight is 257 g/mol. The van der Waals surface area contributed by atoms with E-state index >= 15 is 0 Å². The van der Waals surface area contributed by atoms with Gasteiger partial charge in [-0.3, -0.25) is 0 Å². The third kappa shape index (κ3) is 3.26. The molecule has 0 aliphatic rings. The molecule has 0 heterocycles.